The van der Waals surface area contributed by atoms with E-state index in [1.807, 2.05) is 60.4 Å². The van der Waals surface area contributed by atoms with E-state index >= 15 is 0 Å². The van der Waals surface area contributed by atoms with Crippen molar-refractivity contribution < 1.29 is 14.3 Å². The molecule has 2 aliphatic rings. The molecule has 0 spiro atoms. The van der Waals surface area contributed by atoms with Gasteiger partial charge in [-0.05, 0) is 69.0 Å². The minimum absolute atomic E-state index is 0.0170. The number of ether oxygens (including phenoxy) is 1. The van der Waals surface area contributed by atoms with Crippen LogP contribution in [0.4, 0.5) is 0 Å². The standard InChI is InChI=1S/C24H28N2O3/c1-17-4-2-6-20(14-17)24(28)26-13-3-5-18(15-26)16-29-22-11-7-19(8-12-22)23(27)25-21-9-10-21/h2,4,6-8,11-12,14,18,21H,3,5,9-10,13,15-16H2,1H3,(H,25,27)/t18-/m1/s1. The second-order valence-corrected chi connectivity index (χ2v) is 8.21. The minimum atomic E-state index is -0.0170. The highest BCUT2D eigenvalue weighted by atomic mass is 16.5. The highest BCUT2D eigenvalue weighted by Gasteiger charge is 2.25. The molecule has 29 heavy (non-hydrogen) atoms. The number of aryl methyl sites for hydroxylation is 1. The van der Waals surface area contributed by atoms with Crippen molar-refractivity contribution in [3.8, 4) is 5.75 Å². The zero-order chi connectivity index (χ0) is 20.2. The molecule has 5 nitrogen and oxygen atoms in total. The zero-order valence-corrected chi connectivity index (χ0v) is 16.9. The first-order chi connectivity index (χ1) is 14.1. The SMILES string of the molecule is Cc1cccc(C(=O)N2CCC[C@@H](COc3ccc(C(=O)NC4CC4)cc3)C2)c1. The molecule has 1 heterocycles. The Morgan fingerprint density at radius 3 is 2.59 bits per heavy atom. The van der Waals surface area contributed by atoms with Crippen molar-refractivity contribution in [2.75, 3.05) is 19.7 Å². The van der Waals surface area contributed by atoms with Gasteiger partial charge in [0.2, 0.25) is 0 Å². The fourth-order valence-electron chi connectivity index (χ4n) is 3.76. The molecule has 5 heteroatoms. The highest BCUT2D eigenvalue weighted by molar-refractivity contribution is 5.95. The van der Waals surface area contributed by atoms with Crippen LogP contribution in [-0.2, 0) is 0 Å². The molecule has 2 fully saturated rings. The molecule has 1 N–H and O–H groups in total. The van der Waals surface area contributed by atoms with E-state index in [1.54, 1.807) is 0 Å². The average Bonchev–Trinajstić information content (AvgIpc) is 3.56. The number of nitrogens with one attached hydrogen (secondary N) is 1. The first kappa shape index (κ1) is 19.5. The molecule has 2 aromatic carbocycles. The van der Waals surface area contributed by atoms with Crippen molar-refractivity contribution in [3.05, 3.63) is 65.2 Å². The van der Waals surface area contributed by atoms with E-state index in [-0.39, 0.29) is 11.8 Å². The summed E-state index contributed by atoms with van der Waals surface area (Å²) in [5.74, 6) is 1.16. The van der Waals surface area contributed by atoms with Gasteiger partial charge < -0.3 is 15.0 Å². The van der Waals surface area contributed by atoms with Gasteiger partial charge in [-0.15, -0.1) is 0 Å². The summed E-state index contributed by atoms with van der Waals surface area (Å²) in [7, 11) is 0. The summed E-state index contributed by atoms with van der Waals surface area (Å²) in [5, 5.41) is 2.99. The Kier molecular flexibility index (Phi) is 5.84. The maximum atomic E-state index is 12.8. The Labute approximate surface area is 172 Å². The topological polar surface area (TPSA) is 58.6 Å². The second-order valence-electron chi connectivity index (χ2n) is 8.21. The van der Waals surface area contributed by atoms with Crippen LogP contribution in [0.25, 0.3) is 0 Å². The third-order valence-corrected chi connectivity index (χ3v) is 5.59. The molecule has 0 radical (unpaired) electrons. The number of amides is 2. The molecule has 0 unspecified atom stereocenters. The summed E-state index contributed by atoms with van der Waals surface area (Å²) >= 11 is 0. The molecule has 1 saturated carbocycles. The van der Waals surface area contributed by atoms with Gasteiger partial charge in [-0.1, -0.05) is 17.7 Å². The van der Waals surface area contributed by atoms with Crippen molar-refractivity contribution in [3.63, 3.8) is 0 Å². The molecular formula is C24H28N2O3. The van der Waals surface area contributed by atoms with Gasteiger partial charge >= 0.3 is 0 Å². The smallest absolute Gasteiger partial charge is 0.253 e. The summed E-state index contributed by atoms with van der Waals surface area (Å²) in [6.07, 6.45) is 4.21. The average molecular weight is 392 g/mol. The molecule has 4 rings (SSSR count). The van der Waals surface area contributed by atoms with Crippen molar-refractivity contribution in [2.24, 2.45) is 5.92 Å². The maximum Gasteiger partial charge on any atom is 0.253 e. The number of likely N-dealkylation sites (tertiary alicyclic amines) is 1. The molecule has 2 amide bonds. The number of carbonyl (C=O) groups is 2. The Morgan fingerprint density at radius 2 is 1.86 bits per heavy atom. The van der Waals surface area contributed by atoms with Gasteiger partial charge in [-0.2, -0.15) is 0 Å². The normalized spacial score (nSPS) is 18.9. The highest BCUT2D eigenvalue weighted by Crippen LogP contribution is 2.22. The second kappa shape index (κ2) is 8.68. The van der Waals surface area contributed by atoms with E-state index in [0.29, 0.717) is 30.7 Å². The summed E-state index contributed by atoms with van der Waals surface area (Å²) < 4.78 is 5.96. The van der Waals surface area contributed by atoms with Crippen molar-refractivity contribution in [1.82, 2.24) is 10.2 Å². The number of piperidine rings is 1. The van der Waals surface area contributed by atoms with E-state index in [9.17, 15) is 9.59 Å². The van der Waals surface area contributed by atoms with Gasteiger partial charge in [0.05, 0.1) is 6.61 Å². The van der Waals surface area contributed by atoms with Crippen LogP contribution in [0.15, 0.2) is 48.5 Å². The zero-order valence-electron chi connectivity index (χ0n) is 16.9. The quantitative estimate of drug-likeness (QED) is 0.813. The van der Waals surface area contributed by atoms with Gasteiger partial charge in [-0.25, -0.2) is 0 Å². The lowest BCUT2D eigenvalue weighted by Gasteiger charge is -2.32. The first-order valence-electron chi connectivity index (χ1n) is 10.5. The monoisotopic (exact) mass is 392 g/mol. The van der Waals surface area contributed by atoms with Gasteiger partial charge in [-0.3, -0.25) is 9.59 Å². The fourth-order valence-corrected chi connectivity index (χ4v) is 3.76. The molecule has 0 aromatic heterocycles. The maximum absolute atomic E-state index is 12.8. The Morgan fingerprint density at radius 1 is 1.07 bits per heavy atom. The van der Waals surface area contributed by atoms with Crippen LogP contribution in [0.1, 0.15) is 52.0 Å². The van der Waals surface area contributed by atoms with Crippen LogP contribution in [-0.4, -0.2) is 42.5 Å². The van der Waals surface area contributed by atoms with Crippen molar-refractivity contribution in [2.45, 2.75) is 38.6 Å². The van der Waals surface area contributed by atoms with Gasteiger partial charge in [0.25, 0.3) is 11.8 Å². The predicted molar refractivity (Wildman–Crippen MR) is 112 cm³/mol. The molecular weight excluding hydrogens is 364 g/mol. The van der Waals surface area contributed by atoms with Crippen molar-refractivity contribution in [1.29, 1.82) is 0 Å². The molecule has 1 saturated heterocycles. The van der Waals surface area contributed by atoms with Crippen LogP contribution in [0.2, 0.25) is 0 Å². The Balaban J connectivity index is 1.29. The van der Waals surface area contributed by atoms with E-state index in [0.717, 1.165) is 49.1 Å². The Bertz CT molecular complexity index is 874. The molecule has 1 aliphatic heterocycles. The van der Waals surface area contributed by atoms with Crippen LogP contribution < -0.4 is 10.1 Å². The largest absolute Gasteiger partial charge is 0.493 e. The molecule has 1 aliphatic carbocycles. The predicted octanol–water partition coefficient (Wildman–Crippen LogP) is 3.82. The summed E-state index contributed by atoms with van der Waals surface area (Å²) in [6.45, 7) is 4.10. The van der Waals surface area contributed by atoms with E-state index in [4.69, 9.17) is 4.74 Å². The third-order valence-electron chi connectivity index (χ3n) is 5.59. The van der Waals surface area contributed by atoms with Gasteiger partial charge in [0.1, 0.15) is 5.75 Å². The number of rotatable bonds is 6. The Hall–Kier alpha value is -2.82. The van der Waals surface area contributed by atoms with Crippen LogP contribution in [0.5, 0.6) is 5.75 Å². The van der Waals surface area contributed by atoms with E-state index < -0.39 is 0 Å². The molecule has 2 aromatic rings. The summed E-state index contributed by atoms with van der Waals surface area (Å²) in [5.41, 5.74) is 2.52. The third kappa shape index (κ3) is 5.17. The van der Waals surface area contributed by atoms with Crippen LogP contribution in [0.3, 0.4) is 0 Å². The number of nitrogens with zero attached hydrogens (tertiary/aromatic N) is 1. The van der Waals surface area contributed by atoms with E-state index in [1.165, 1.54) is 0 Å². The lowest BCUT2D eigenvalue weighted by Crippen LogP contribution is -2.41. The fraction of sp³-hybridized carbons (Fsp3) is 0.417. The summed E-state index contributed by atoms with van der Waals surface area (Å²) in [6, 6.07) is 15.4. The minimum Gasteiger partial charge on any atom is -0.493 e. The van der Waals surface area contributed by atoms with Gasteiger partial charge in [0, 0.05) is 36.2 Å². The lowest BCUT2D eigenvalue weighted by molar-refractivity contribution is 0.0633. The number of carbonyl (C=O) groups excluding carboxylic acids is 2. The van der Waals surface area contributed by atoms with Gasteiger partial charge in [0.15, 0.2) is 0 Å². The van der Waals surface area contributed by atoms with E-state index in [2.05, 4.69) is 5.32 Å². The first-order valence-corrected chi connectivity index (χ1v) is 10.5. The van der Waals surface area contributed by atoms with Crippen LogP contribution >= 0.6 is 0 Å². The summed E-state index contributed by atoms with van der Waals surface area (Å²) in [4.78, 5) is 26.8. The molecule has 0 bridgehead atoms. The molecule has 1 atom stereocenters. The number of hydrogen-bond donors (Lipinski definition) is 1. The number of hydrogen-bond acceptors (Lipinski definition) is 3. The van der Waals surface area contributed by atoms with Crippen molar-refractivity contribution >= 4 is 11.8 Å². The van der Waals surface area contributed by atoms with Crippen LogP contribution in [0, 0.1) is 12.8 Å². The lowest BCUT2D eigenvalue weighted by atomic mass is 9.98. The number of benzene rings is 2. The molecule has 152 valence electrons.